The maximum absolute atomic E-state index is 13.5. The van der Waals surface area contributed by atoms with Gasteiger partial charge in [-0.1, -0.05) is 25.1 Å². The van der Waals surface area contributed by atoms with Crippen LogP contribution in [0.3, 0.4) is 0 Å². The normalized spacial score (nSPS) is 12.6. The number of hydrogen-bond donors (Lipinski definition) is 1. The zero-order valence-corrected chi connectivity index (χ0v) is 10.8. The third kappa shape index (κ3) is 2.93. The molecule has 1 N–H and O–H groups in total. The van der Waals surface area contributed by atoms with Crippen LogP contribution in [0.2, 0.25) is 0 Å². The smallest absolute Gasteiger partial charge is 0.328 e. The van der Waals surface area contributed by atoms with Crippen LogP contribution in [0.4, 0.5) is 4.39 Å². The molecule has 0 bridgehead atoms. The predicted octanol–water partition coefficient (Wildman–Crippen LogP) is 1.93. The molecule has 19 heavy (non-hydrogen) atoms. The van der Waals surface area contributed by atoms with E-state index in [9.17, 15) is 14.3 Å². The summed E-state index contributed by atoms with van der Waals surface area (Å²) in [7, 11) is 0. The standard InChI is InChI=1S/C14H17FN2O2/c1-2-7-16-8-9-17(14(16)19)10-13(18)11-5-3-4-6-12(11)15/h3-6,8-9,13,18H,2,7,10H2,1H3. The number of rotatable bonds is 5. The Bertz CT molecular complexity index is 603. The number of aromatic nitrogens is 2. The molecule has 0 amide bonds. The lowest BCUT2D eigenvalue weighted by molar-refractivity contribution is 0.150. The number of halogens is 1. The van der Waals surface area contributed by atoms with E-state index in [0.29, 0.717) is 6.54 Å². The highest BCUT2D eigenvalue weighted by atomic mass is 19.1. The maximum Gasteiger partial charge on any atom is 0.328 e. The molecule has 1 aromatic heterocycles. The van der Waals surface area contributed by atoms with Crippen LogP contribution >= 0.6 is 0 Å². The quantitative estimate of drug-likeness (QED) is 0.897. The lowest BCUT2D eigenvalue weighted by atomic mass is 10.1. The van der Waals surface area contributed by atoms with Gasteiger partial charge in [0.05, 0.1) is 12.6 Å². The van der Waals surface area contributed by atoms with E-state index in [4.69, 9.17) is 0 Å². The fourth-order valence-electron chi connectivity index (χ4n) is 2.03. The Kier molecular flexibility index (Phi) is 4.16. The fraction of sp³-hybridized carbons (Fsp3) is 0.357. The first-order valence-corrected chi connectivity index (χ1v) is 6.31. The molecule has 0 aliphatic carbocycles. The predicted molar refractivity (Wildman–Crippen MR) is 70.3 cm³/mol. The molecule has 1 unspecified atom stereocenters. The second-order valence-electron chi connectivity index (χ2n) is 4.46. The summed E-state index contributed by atoms with van der Waals surface area (Å²) < 4.78 is 16.5. The van der Waals surface area contributed by atoms with Crippen LogP contribution in [-0.4, -0.2) is 14.2 Å². The largest absolute Gasteiger partial charge is 0.386 e. The van der Waals surface area contributed by atoms with Gasteiger partial charge in [-0.15, -0.1) is 0 Å². The van der Waals surface area contributed by atoms with Gasteiger partial charge in [0.25, 0.3) is 0 Å². The van der Waals surface area contributed by atoms with Gasteiger partial charge in [0.2, 0.25) is 0 Å². The van der Waals surface area contributed by atoms with E-state index in [2.05, 4.69) is 0 Å². The number of nitrogens with zero attached hydrogens (tertiary/aromatic N) is 2. The molecule has 4 nitrogen and oxygen atoms in total. The Hall–Kier alpha value is -1.88. The van der Waals surface area contributed by atoms with Crippen molar-refractivity contribution in [1.29, 1.82) is 0 Å². The number of aryl methyl sites for hydroxylation is 1. The highest BCUT2D eigenvalue weighted by molar-refractivity contribution is 5.19. The molecule has 1 heterocycles. The highest BCUT2D eigenvalue weighted by Gasteiger charge is 2.14. The molecule has 0 aliphatic heterocycles. The van der Waals surface area contributed by atoms with Gasteiger partial charge in [0.15, 0.2) is 0 Å². The monoisotopic (exact) mass is 264 g/mol. The second-order valence-corrected chi connectivity index (χ2v) is 4.46. The molecule has 0 radical (unpaired) electrons. The van der Waals surface area contributed by atoms with E-state index in [1.165, 1.54) is 16.7 Å². The van der Waals surface area contributed by atoms with Crippen molar-refractivity contribution < 1.29 is 9.50 Å². The molecule has 0 aliphatic rings. The van der Waals surface area contributed by atoms with E-state index in [1.807, 2.05) is 6.92 Å². The number of aliphatic hydroxyl groups is 1. The lowest BCUT2D eigenvalue weighted by Gasteiger charge is -2.12. The molecular weight excluding hydrogens is 247 g/mol. The summed E-state index contributed by atoms with van der Waals surface area (Å²) in [6.07, 6.45) is 3.12. The average molecular weight is 264 g/mol. The van der Waals surface area contributed by atoms with E-state index in [-0.39, 0.29) is 17.8 Å². The SMILES string of the molecule is CCCn1ccn(CC(O)c2ccccc2F)c1=O. The zero-order valence-electron chi connectivity index (χ0n) is 10.8. The van der Waals surface area contributed by atoms with Crippen molar-refractivity contribution in [3.63, 3.8) is 0 Å². The first kappa shape index (κ1) is 13.5. The van der Waals surface area contributed by atoms with Crippen LogP contribution in [-0.2, 0) is 13.1 Å². The van der Waals surface area contributed by atoms with Crippen LogP contribution in [0.15, 0.2) is 41.5 Å². The minimum Gasteiger partial charge on any atom is -0.386 e. The molecule has 0 fully saturated rings. The van der Waals surface area contributed by atoms with Gasteiger partial charge in [0, 0.05) is 24.5 Å². The van der Waals surface area contributed by atoms with Crippen LogP contribution in [0.25, 0.3) is 0 Å². The van der Waals surface area contributed by atoms with Crippen molar-refractivity contribution in [2.75, 3.05) is 0 Å². The van der Waals surface area contributed by atoms with Gasteiger partial charge in [-0.05, 0) is 12.5 Å². The molecule has 102 valence electrons. The number of hydrogen-bond acceptors (Lipinski definition) is 2. The molecule has 1 atom stereocenters. The molecule has 1 aromatic carbocycles. The first-order chi connectivity index (χ1) is 9.13. The van der Waals surface area contributed by atoms with Crippen LogP contribution in [0.5, 0.6) is 0 Å². The summed E-state index contributed by atoms with van der Waals surface area (Å²) >= 11 is 0. The second kappa shape index (κ2) is 5.84. The van der Waals surface area contributed by atoms with Crippen molar-refractivity contribution >= 4 is 0 Å². The van der Waals surface area contributed by atoms with E-state index < -0.39 is 11.9 Å². The summed E-state index contributed by atoms with van der Waals surface area (Å²) in [6.45, 7) is 2.68. The van der Waals surface area contributed by atoms with Crippen molar-refractivity contribution in [1.82, 2.24) is 9.13 Å². The van der Waals surface area contributed by atoms with Gasteiger partial charge in [-0.25, -0.2) is 9.18 Å². The number of imidazole rings is 1. The van der Waals surface area contributed by atoms with Gasteiger partial charge < -0.3 is 5.11 Å². The summed E-state index contributed by atoms with van der Waals surface area (Å²) in [6, 6.07) is 6.04. The average Bonchev–Trinajstić information content (AvgIpc) is 2.72. The first-order valence-electron chi connectivity index (χ1n) is 6.31. The Morgan fingerprint density at radius 3 is 2.63 bits per heavy atom. The van der Waals surface area contributed by atoms with E-state index >= 15 is 0 Å². The molecule has 2 rings (SSSR count). The van der Waals surface area contributed by atoms with Crippen LogP contribution < -0.4 is 5.69 Å². The van der Waals surface area contributed by atoms with Crippen molar-refractivity contribution in [2.45, 2.75) is 32.5 Å². The minimum atomic E-state index is -1.03. The minimum absolute atomic E-state index is 0.0521. The van der Waals surface area contributed by atoms with Gasteiger partial charge in [0.1, 0.15) is 5.82 Å². The van der Waals surface area contributed by atoms with Gasteiger partial charge in [-0.3, -0.25) is 9.13 Å². The van der Waals surface area contributed by atoms with E-state index in [0.717, 1.165) is 6.42 Å². The topological polar surface area (TPSA) is 47.2 Å². The number of benzene rings is 1. The van der Waals surface area contributed by atoms with Crippen molar-refractivity contribution in [3.8, 4) is 0 Å². The van der Waals surface area contributed by atoms with Gasteiger partial charge in [-0.2, -0.15) is 0 Å². The van der Waals surface area contributed by atoms with Gasteiger partial charge >= 0.3 is 5.69 Å². The van der Waals surface area contributed by atoms with E-state index in [1.54, 1.807) is 29.1 Å². The Morgan fingerprint density at radius 2 is 1.95 bits per heavy atom. The summed E-state index contributed by atoms with van der Waals surface area (Å²) in [5.74, 6) is -0.462. The maximum atomic E-state index is 13.5. The summed E-state index contributed by atoms with van der Waals surface area (Å²) in [4.78, 5) is 11.9. The lowest BCUT2D eigenvalue weighted by Crippen LogP contribution is -2.26. The summed E-state index contributed by atoms with van der Waals surface area (Å²) in [5.41, 5.74) is 0.0230. The Morgan fingerprint density at radius 1 is 1.26 bits per heavy atom. The molecule has 0 saturated carbocycles. The third-order valence-electron chi connectivity index (χ3n) is 3.02. The molecule has 2 aromatic rings. The summed E-state index contributed by atoms with van der Waals surface area (Å²) in [5, 5.41) is 10.0. The third-order valence-corrected chi connectivity index (χ3v) is 3.02. The molecule has 0 saturated heterocycles. The molecule has 5 heteroatoms. The molecule has 0 spiro atoms. The van der Waals surface area contributed by atoms with Crippen molar-refractivity contribution in [2.24, 2.45) is 0 Å². The van der Waals surface area contributed by atoms with Crippen molar-refractivity contribution in [3.05, 3.63) is 58.5 Å². The molecular formula is C14H17FN2O2. The zero-order chi connectivity index (χ0) is 13.8. The van der Waals surface area contributed by atoms with Crippen LogP contribution in [0, 0.1) is 5.82 Å². The Balaban J connectivity index is 2.18. The number of aliphatic hydroxyl groups excluding tert-OH is 1. The van der Waals surface area contributed by atoms with Crippen LogP contribution in [0.1, 0.15) is 25.0 Å². The fourth-order valence-corrected chi connectivity index (χ4v) is 2.03. The highest BCUT2D eigenvalue weighted by Crippen LogP contribution is 2.17. The Labute approximate surface area is 110 Å².